The number of hydrogen-bond donors (Lipinski definition) is 7. The first-order valence-electron chi connectivity index (χ1n) is 10.0. The van der Waals surface area contributed by atoms with Gasteiger partial charge >= 0.3 is 11.9 Å². The predicted molar refractivity (Wildman–Crippen MR) is 110 cm³/mol. The molecule has 0 fully saturated rings. The lowest BCUT2D eigenvalue weighted by atomic mass is 10.00. The van der Waals surface area contributed by atoms with E-state index in [9.17, 15) is 29.1 Å². The van der Waals surface area contributed by atoms with E-state index in [4.69, 9.17) is 15.9 Å². The van der Waals surface area contributed by atoms with Crippen molar-refractivity contribution in [2.75, 3.05) is 6.61 Å². The summed E-state index contributed by atoms with van der Waals surface area (Å²) in [7, 11) is 0. The maximum absolute atomic E-state index is 12.7. The SMILES string of the molecule is CC(C)CC(NC(=O)C(N)C(C)C)C(=O)NC(CO)C(=O)NC(CCC(=O)O)C(=O)O. The molecule has 31 heavy (non-hydrogen) atoms. The summed E-state index contributed by atoms with van der Waals surface area (Å²) in [6, 6.07) is -4.87. The average molecular weight is 447 g/mol. The molecule has 0 rings (SSSR count). The lowest BCUT2D eigenvalue weighted by Crippen LogP contribution is -2.58. The van der Waals surface area contributed by atoms with Crippen LogP contribution in [0.3, 0.4) is 0 Å². The normalized spacial score (nSPS) is 15.0. The molecule has 0 saturated carbocycles. The van der Waals surface area contributed by atoms with Crippen LogP contribution in [0.4, 0.5) is 0 Å². The highest BCUT2D eigenvalue weighted by Gasteiger charge is 2.30. The zero-order valence-electron chi connectivity index (χ0n) is 18.3. The lowest BCUT2D eigenvalue weighted by Gasteiger charge is -2.25. The Balaban J connectivity index is 5.24. The molecule has 8 N–H and O–H groups in total. The van der Waals surface area contributed by atoms with Gasteiger partial charge in [0.15, 0.2) is 0 Å². The molecule has 12 heteroatoms. The van der Waals surface area contributed by atoms with Gasteiger partial charge in [0.05, 0.1) is 12.6 Å². The first kappa shape index (κ1) is 28.3. The van der Waals surface area contributed by atoms with Gasteiger partial charge in [-0.2, -0.15) is 0 Å². The molecule has 4 atom stereocenters. The smallest absolute Gasteiger partial charge is 0.326 e. The number of aliphatic hydroxyl groups excluding tert-OH is 1. The highest BCUT2D eigenvalue weighted by Crippen LogP contribution is 2.07. The van der Waals surface area contributed by atoms with Crippen LogP contribution in [-0.2, 0) is 24.0 Å². The van der Waals surface area contributed by atoms with Crippen LogP contribution in [0.5, 0.6) is 0 Å². The zero-order valence-corrected chi connectivity index (χ0v) is 18.3. The third-order valence-corrected chi connectivity index (χ3v) is 4.44. The predicted octanol–water partition coefficient (Wildman–Crippen LogP) is -1.59. The van der Waals surface area contributed by atoms with Crippen LogP contribution in [0.1, 0.15) is 47.0 Å². The molecule has 0 aromatic carbocycles. The second kappa shape index (κ2) is 13.5. The number of aliphatic hydroxyl groups is 1. The summed E-state index contributed by atoms with van der Waals surface area (Å²) in [6.45, 7) is 6.31. The highest BCUT2D eigenvalue weighted by atomic mass is 16.4. The molecule has 3 amide bonds. The van der Waals surface area contributed by atoms with Gasteiger partial charge in [-0.15, -0.1) is 0 Å². The maximum Gasteiger partial charge on any atom is 0.326 e. The van der Waals surface area contributed by atoms with Crippen molar-refractivity contribution in [1.29, 1.82) is 0 Å². The van der Waals surface area contributed by atoms with Crippen molar-refractivity contribution in [3.8, 4) is 0 Å². The van der Waals surface area contributed by atoms with Crippen molar-refractivity contribution in [2.45, 2.75) is 71.1 Å². The molecule has 178 valence electrons. The van der Waals surface area contributed by atoms with Gasteiger partial charge in [0.2, 0.25) is 17.7 Å². The fraction of sp³-hybridized carbons (Fsp3) is 0.737. The first-order valence-corrected chi connectivity index (χ1v) is 10.0. The van der Waals surface area contributed by atoms with E-state index >= 15 is 0 Å². The van der Waals surface area contributed by atoms with Crippen molar-refractivity contribution >= 4 is 29.7 Å². The monoisotopic (exact) mass is 446 g/mol. The van der Waals surface area contributed by atoms with E-state index < -0.39 is 66.9 Å². The molecular formula is C19H34N4O8. The van der Waals surface area contributed by atoms with Crippen LogP contribution >= 0.6 is 0 Å². The Morgan fingerprint density at radius 3 is 1.71 bits per heavy atom. The number of carbonyl (C=O) groups excluding carboxylic acids is 3. The van der Waals surface area contributed by atoms with Crippen LogP contribution in [0.25, 0.3) is 0 Å². The van der Waals surface area contributed by atoms with E-state index in [1.54, 1.807) is 13.8 Å². The van der Waals surface area contributed by atoms with Gasteiger partial charge in [-0.25, -0.2) is 4.79 Å². The number of nitrogens with one attached hydrogen (secondary N) is 3. The molecule has 4 unspecified atom stereocenters. The molecule has 0 aliphatic rings. The number of carboxylic acid groups (broad SMARTS) is 2. The topological polar surface area (TPSA) is 208 Å². The fourth-order valence-electron chi connectivity index (χ4n) is 2.54. The van der Waals surface area contributed by atoms with Crippen LogP contribution in [-0.4, -0.2) is 75.8 Å². The van der Waals surface area contributed by atoms with Gasteiger partial charge < -0.3 is 37.0 Å². The number of amides is 3. The number of hydrogen-bond acceptors (Lipinski definition) is 7. The fourth-order valence-corrected chi connectivity index (χ4v) is 2.54. The summed E-state index contributed by atoms with van der Waals surface area (Å²) in [5.74, 6) is -5.14. The molecular weight excluding hydrogens is 412 g/mol. The molecule has 0 aliphatic carbocycles. The molecule has 0 aromatic heterocycles. The van der Waals surface area contributed by atoms with E-state index in [1.807, 2.05) is 13.8 Å². The molecule has 0 radical (unpaired) electrons. The van der Waals surface area contributed by atoms with Crippen molar-refractivity contribution in [2.24, 2.45) is 17.6 Å². The van der Waals surface area contributed by atoms with Gasteiger partial charge in [-0.05, 0) is 24.7 Å². The molecule has 0 saturated heterocycles. The number of carbonyl (C=O) groups is 5. The Bertz CT molecular complexity index is 653. The standard InChI is InChI=1S/C19H34N4O8/c1-9(2)7-12(22-18(29)15(20)10(3)4)16(27)23-13(8-24)17(28)21-11(19(30)31)5-6-14(25)26/h9-13,15,24H,5-8,20H2,1-4H3,(H,21,28)(H,22,29)(H,23,27)(H,25,26)(H,30,31). The number of carboxylic acids is 2. The number of nitrogens with two attached hydrogens (primary N) is 1. The van der Waals surface area contributed by atoms with Gasteiger partial charge in [-0.3, -0.25) is 19.2 Å². The van der Waals surface area contributed by atoms with E-state index in [-0.39, 0.29) is 24.7 Å². The summed E-state index contributed by atoms with van der Waals surface area (Å²) in [4.78, 5) is 59.1. The van der Waals surface area contributed by atoms with Crippen LogP contribution in [0.2, 0.25) is 0 Å². The molecule has 0 bridgehead atoms. The molecule has 0 spiro atoms. The van der Waals surface area contributed by atoms with Crippen molar-refractivity contribution in [3.63, 3.8) is 0 Å². The zero-order chi connectivity index (χ0) is 24.3. The van der Waals surface area contributed by atoms with Crippen molar-refractivity contribution in [3.05, 3.63) is 0 Å². The van der Waals surface area contributed by atoms with Crippen LogP contribution in [0, 0.1) is 11.8 Å². The average Bonchev–Trinajstić information content (AvgIpc) is 2.66. The Morgan fingerprint density at radius 1 is 0.806 bits per heavy atom. The summed E-state index contributed by atoms with van der Waals surface area (Å²) in [5, 5.41) is 34.2. The minimum absolute atomic E-state index is 0.000127. The lowest BCUT2D eigenvalue weighted by molar-refractivity contribution is -0.143. The molecule has 12 nitrogen and oxygen atoms in total. The second-order valence-corrected chi connectivity index (χ2v) is 8.04. The van der Waals surface area contributed by atoms with Crippen LogP contribution < -0.4 is 21.7 Å². The van der Waals surface area contributed by atoms with Gasteiger partial charge in [0.1, 0.15) is 18.1 Å². The van der Waals surface area contributed by atoms with Crippen LogP contribution in [0.15, 0.2) is 0 Å². The van der Waals surface area contributed by atoms with Gasteiger partial charge in [-0.1, -0.05) is 27.7 Å². The number of rotatable bonds is 14. The molecule has 0 heterocycles. The van der Waals surface area contributed by atoms with Gasteiger partial charge in [0, 0.05) is 6.42 Å². The van der Waals surface area contributed by atoms with Crippen molar-refractivity contribution < 1.29 is 39.3 Å². The first-order chi connectivity index (χ1) is 14.3. The van der Waals surface area contributed by atoms with E-state index in [1.165, 1.54) is 0 Å². The Labute approximate surface area is 180 Å². The Morgan fingerprint density at radius 2 is 1.29 bits per heavy atom. The minimum atomic E-state index is -1.51. The van der Waals surface area contributed by atoms with E-state index in [2.05, 4.69) is 16.0 Å². The van der Waals surface area contributed by atoms with E-state index in [0.717, 1.165) is 0 Å². The third kappa shape index (κ3) is 10.7. The summed E-state index contributed by atoms with van der Waals surface area (Å²) < 4.78 is 0. The number of aliphatic carboxylic acids is 2. The quantitative estimate of drug-likeness (QED) is 0.164. The summed E-state index contributed by atoms with van der Waals surface area (Å²) in [5.41, 5.74) is 5.80. The summed E-state index contributed by atoms with van der Waals surface area (Å²) >= 11 is 0. The third-order valence-electron chi connectivity index (χ3n) is 4.44. The van der Waals surface area contributed by atoms with Crippen molar-refractivity contribution in [1.82, 2.24) is 16.0 Å². The Hall–Kier alpha value is -2.73. The van der Waals surface area contributed by atoms with Gasteiger partial charge in [0.25, 0.3) is 0 Å². The minimum Gasteiger partial charge on any atom is -0.481 e. The van der Waals surface area contributed by atoms with E-state index in [0.29, 0.717) is 0 Å². The Kier molecular flexibility index (Phi) is 12.4. The molecule has 0 aliphatic heterocycles. The highest BCUT2D eigenvalue weighted by molar-refractivity contribution is 5.94. The summed E-state index contributed by atoms with van der Waals surface area (Å²) in [6.07, 6.45) is -0.633. The maximum atomic E-state index is 12.7. The molecule has 0 aromatic rings. The largest absolute Gasteiger partial charge is 0.481 e. The second-order valence-electron chi connectivity index (χ2n) is 8.04.